The molecule has 7 nitrogen and oxygen atoms in total. The van der Waals surface area contributed by atoms with Crippen molar-refractivity contribution < 1.29 is 23.4 Å². The molecule has 0 bridgehead atoms. The molecular weight excluding hydrogens is 348 g/mol. The highest BCUT2D eigenvalue weighted by molar-refractivity contribution is 5.72. The van der Waals surface area contributed by atoms with Crippen molar-refractivity contribution >= 4 is 5.97 Å². The van der Waals surface area contributed by atoms with Crippen LogP contribution in [0.1, 0.15) is 24.5 Å². The third-order valence-corrected chi connectivity index (χ3v) is 3.94. The number of hydrogen-bond donors (Lipinski definition) is 0. The Hall–Kier alpha value is -3.35. The van der Waals surface area contributed by atoms with Crippen LogP contribution < -0.4 is 9.47 Å². The molecule has 2 aromatic carbocycles. The molecule has 0 N–H and O–H groups in total. The molecule has 0 aliphatic carbocycles. The predicted octanol–water partition coefficient (Wildman–Crippen LogP) is 3.60. The quantitative estimate of drug-likeness (QED) is 0.589. The maximum absolute atomic E-state index is 12.1. The molecule has 0 fully saturated rings. The van der Waals surface area contributed by atoms with Crippen molar-refractivity contribution in [2.45, 2.75) is 19.4 Å². The second kappa shape index (κ2) is 8.35. The van der Waals surface area contributed by atoms with Crippen molar-refractivity contribution in [2.24, 2.45) is 0 Å². The third kappa shape index (κ3) is 4.63. The highest BCUT2D eigenvalue weighted by Gasteiger charge is 2.19. The first-order valence-electron chi connectivity index (χ1n) is 8.39. The fourth-order valence-corrected chi connectivity index (χ4v) is 2.45. The fraction of sp³-hybridized carbons (Fsp3) is 0.250. The fourth-order valence-electron chi connectivity index (χ4n) is 2.45. The zero-order valence-electron chi connectivity index (χ0n) is 15.3. The molecule has 0 radical (unpaired) electrons. The van der Waals surface area contributed by atoms with E-state index in [0.29, 0.717) is 5.89 Å². The summed E-state index contributed by atoms with van der Waals surface area (Å²) >= 11 is 0. The summed E-state index contributed by atoms with van der Waals surface area (Å²) in [6.45, 7) is 1.69. The Kier molecular flexibility index (Phi) is 5.71. The van der Waals surface area contributed by atoms with Gasteiger partial charge in [-0.2, -0.15) is 0 Å². The van der Waals surface area contributed by atoms with E-state index in [0.717, 1.165) is 22.6 Å². The number of aromatic nitrogens is 2. The summed E-state index contributed by atoms with van der Waals surface area (Å²) in [5, 5.41) is 7.99. The molecule has 27 heavy (non-hydrogen) atoms. The Balaban J connectivity index is 1.60. The molecule has 1 aromatic heterocycles. The lowest BCUT2D eigenvalue weighted by atomic mass is 10.1. The molecule has 0 aliphatic rings. The van der Waals surface area contributed by atoms with Gasteiger partial charge in [-0.05, 0) is 48.9 Å². The normalized spacial score (nSPS) is 11.7. The Bertz CT molecular complexity index is 887. The summed E-state index contributed by atoms with van der Waals surface area (Å²) in [5.41, 5.74) is 1.59. The van der Waals surface area contributed by atoms with Crippen molar-refractivity contribution in [1.29, 1.82) is 0 Å². The number of rotatable bonds is 7. The van der Waals surface area contributed by atoms with E-state index in [1.165, 1.54) is 0 Å². The van der Waals surface area contributed by atoms with Crippen LogP contribution in [0.5, 0.6) is 11.5 Å². The van der Waals surface area contributed by atoms with E-state index in [9.17, 15) is 4.79 Å². The lowest BCUT2D eigenvalue weighted by molar-refractivity contribution is -0.148. The Labute approximate surface area is 156 Å². The highest BCUT2D eigenvalue weighted by Crippen LogP contribution is 2.24. The van der Waals surface area contributed by atoms with Crippen molar-refractivity contribution in [2.75, 3.05) is 14.2 Å². The van der Waals surface area contributed by atoms with Crippen LogP contribution in [-0.2, 0) is 16.0 Å². The van der Waals surface area contributed by atoms with Gasteiger partial charge in [0.15, 0.2) is 6.10 Å². The lowest BCUT2D eigenvalue weighted by Crippen LogP contribution is -2.11. The molecule has 1 atom stereocenters. The number of ether oxygens (including phenoxy) is 3. The number of benzene rings is 2. The Morgan fingerprint density at radius 3 is 2.15 bits per heavy atom. The van der Waals surface area contributed by atoms with Crippen LogP contribution in [0.4, 0.5) is 0 Å². The lowest BCUT2D eigenvalue weighted by Gasteiger charge is -2.09. The van der Waals surface area contributed by atoms with Crippen molar-refractivity contribution in [1.82, 2.24) is 10.2 Å². The first-order valence-corrected chi connectivity index (χ1v) is 8.39. The minimum atomic E-state index is -0.643. The van der Waals surface area contributed by atoms with Crippen molar-refractivity contribution in [3.05, 3.63) is 60.0 Å². The predicted molar refractivity (Wildman–Crippen MR) is 97.5 cm³/mol. The molecule has 0 saturated carbocycles. The summed E-state index contributed by atoms with van der Waals surface area (Å²) in [7, 11) is 3.19. The van der Waals surface area contributed by atoms with Crippen LogP contribution in [0.15, 0.2) is 52.9 Å². The van der Waals surface area contributed by atoms with E-state index < -0.39 is 6.10 Å². The van der Waals surface area contributed by atoms with Gasteiger partial charge in [-0.3, -0.25) is 4.79 Å². The Morgan fingerprint density at radius 2 is 1.56 bits per heavy atom. The van der Waals surface area contributed by atoms with Gasteiger partial charge in [-0.1, -0.05) is 12.1 Å². The maximum atomic E-state index is 12.1. The molecule has 140 valence electrons. The number of esters is 1. The monoisotopic (exact) mass is 368 g/mol. The highest BCUT2D eigenvalue weighted by atomic mass is 16.6. The molecule has 0 aliphatic heterocycles. The van der Waals surface area contributed by atoms with Gasteiger partial charge in [-0.15, -0.1) is 10.2 Å². The molecule has 1 heterocycles. The second-order valence-corrected chi connectivity index (χ2v) is 5.83. The largest absolute Gasteiger partial charge is 0.497 e. The standard InChI is InChI=1S/C20H20N2O5/c1-13(26-18(23)12-14-4-8-16(24-2)9-5-14)19-21-22-20(27-19)15-6-10-17(25-3)11-7-15/h4-11,13H,12H2,1-3H3/t13-/m1/s1. The van der Waals surface area contributed by atoms with Crippen LogP contribution in [0.3, 0.4) is 0 Å². The van der Waals surface area contributed by atoms with Gasteiger partial charge in [0.2, 0.25) is 5.89 Å². The zero-order chi connectivity index (χ0) is 19.2. The SMILES string of the molecule is COc1ccc(CC(=O)O[C@H](C)c2nnc(-c3ccc(OC)cc3)o2)cc1. The molecule has 3 aromatic rings. The van der Waals surface area contributed by atoms with Gasteiger partial charge in [0.25, 0.3) is 5.89 Å². The van der Waals surface area contributed by atoms with E-state index in [-0.39, 0.29) is 18.3 Å². The van der Waals surface area contributed by atoms with Crippen LogP contribution in [-0.4, -0.2) is 30.4 Å². The smallest absolute Gasteiger partial charge is 0.311 e. The number of carbonyl (C=O) groups excluding carboxylic acids is 1. The van der Waals surface area contributed by atoms with Gasteiger partial charge in [0, 0.05) is 5.56 Å². The molecule has 0 unspecified atom stereocenters. The summed E-state index contributed by atoms with van der Waals surface area (Å²) in [5.74, 6) is 1.68. The minimum Gasteiger partial charge on any atom is -0.497 e. The van der Waals surface area contributed by atoms with Gasteiger partial charge in [0.1, 0.15) is 11.5 Å². The van der Waals surface area contributed by atoms with E-state index in [1.807, 2.05) is 24.3 Å². The van der Waals surface area contributed by atoms with Crippen molar-refractivity contribution in [3.63, 3.8) is 0 Å². The van der Waals surface area contributed by atoms with Crippen LogP contribution >= 0.6 is 0 Å². The first kappa shape index (κ1) is 18.4. The van der Waals surface area contributed by atoms with Crippen molar-refractivity contribution in [3.8, 4) is 23.0 Å². The molecule has 0 spiro atoms. The van der Waals surface area contributed by atoms with Gasteiger partial charge in [0.05, 0.1) is 20.6 Å². The van der Waals surface area contributed by atoms with Crippen LogP contribution in [0.2, 0.25) is 0 Å². The molecular formula is C20H20N2O5. The number of nitrogens with zero attached hydrogens (tertiary/aromatic N) is 2. The van der Waals surface area contributed by atoms with Crippen LogP contribution in [0.25, 0.3) is 11.5 Å². The molecule has 0 saturated heterocycles. The van der Waals surface area contributed by atoms with Gasteiger partial charge in [-0.25, -0.2) is 0 Å². The topological polar surface area (TPSA) is 83.7 Å². The first-order chi connectivity index (χ1) is 13.1. The third-order valence-electron chi connectivity index (χ3n) is 3.94. The average molecular weight is 368 g/mol. The number of methoxy groups -OCH3 is 2. The molecule has 7 heteroatoms. The van der Waals surface area contributed by atoms with E-state index >= 15 is 0 Å². The van der Waals surface area contributed by atoms with E-state index in [4.69, 9.17) is 18.6 Å². The minimum absolute atomic E-state index is 0.147. The number of carbonyl (C=O) groups is 1. The average Bonchev–Trinajstić information content (AvgIpc) is 3.19. The maximum Gasteiger partial charge on any atom is 0.311 e. The molecule has 3 rings (SSSR count). The summed E-state index contributed by atoms with van der Waals surface area (Å²) in [6, 6.07) is 14.5. The summed E-state index contributed by atoms with van der Waals surface area (Å²) in [6.07, 6.45) is -0.497. The summed E-state index contributed by atoms with van der Waals surface area (Å²) in [4.78, 5) is 12.1. The van der Waals surface area contributed by atoms with E-state index in [2.05, 4.69) is 10.2 Å². The summed E-state index contributed by atoms with van der Waals surface area (Å²) < 4.78 is 21.2. The van der Waals surface area contributed by atoms with Gasteiger partial charge < -0.3 is 18.6 Å². The van der Waals surface area contributed by atoms with E-state index in [1.54, 1.807) is 45.4 Å². The zero-order valence-corrected chi connectivity index (χ0v) is 15.3. The molecule has 0 amide bonds. The van der Waals surface area contributed by atoms with Crippen LogP contribution in [0, 0.1) is 0 Å². The van der Waals surface area contributed by atoms with Gasteiger partial charge >= 0.3 is 5.97 Å². The second-order valence-electron chi connectivity index (χ2n) is 5.83. The number of hydrogen-bond acceptors (Lipinski definition) is 7. The Morgan fingerprint density at radius 1 is 0.963 bits per heavy atom.